The number of hydrogen-bond acceptors (Lipinski definition) is 5. The number of hydrogen-bond donors (Lipinski definition) is 2. The van der Waals surface area contributed by atoms with Crippen LogP contribution in [0, 0.1) is 5.92 Å². The molecule has 0 saturated heterocycles. The Bertz CT molecular complexity index is 183. The van der Waals surface area contributed by atoms with E-state index in [1.807, 2.05) is 6.92 Å². The van der Waals surface area contributed by atoms with E-state index in [1.54, 1.807) is 0 Å². The van der Waals surface area contributed by atoms with Crippen molar-refractivity contribution in [2.24, 2.45) is 5.92 Å². The maximum Gasteiger partial charge on any atom is 0.345 e. The van der Waals surface area contributed by atoms with Crippen molar-refractivity contribution >= 4 is 5.97 Å². The summed E-state index contributed by atoms with van der Waals surface area (Å²) in [6.45, 7) is 3.37. The van der Waals surface area contributed by atoms with Gasteiger partial charge in [-0.05, 0) is 12.8 Å². The Morgan fingerprint density at radius 3 is 2.56 bits per heavy atom. The van der Waals surface area contributed by atoms with E-state index in [-0.39, 0.29) is 12.5 Å². The smallest absolute Gasteiger partial charge is 0.345 e. The molecule has 0 bridgehead atoms. The maximum absolute atomic E-state index is 11.5. The quantitative estimate of drug-likeness (QED) is 0.460. The molecule has 0 aliphatic rings. The third kappa shape index (κ3) is 6.76. The van der Waals surface area contributed by atoms with Crippen molar-refractivity contribution in [3.05, 3.63) is 0 Å². The topological polar surface area (TPSA) is 76.0 Å². The largest absolute Gasteiger partial charge is 0.394 e. The Labute approximate surface area is 96.3 Å². The lowest BCUT2D eigenvalue weighted by Gasteiger charge is -2.13. The van der Waals surface area contributed by atoms with Crippen LogP contribution in [0.1, 0.15) is 39.5 Å². The summed E-state index contributed by atoms with van der Waals surface area (Å²) >= 11 is 0. The molecule has 0 radical (unpaired) electrons. The van der Waals surface area contributed by atoms with Crippen LogP contribution in [0.4, 0.5) is 0 Å². The number of carbonyl (C=O) groups excluding carboxylic acids is 1. The van der Waals surface area contributed by atoms with E-state index in [0.717, 1.165) is 19.3 Å². The van der Waals surface area contributed by atoms with Gasteiger partial charge in [-0.15, -0.1) is 0 Å². The minimum absolute atomic E-state index is 0.147. The average molecular weight is 234 g/mol. The summed E-state index contributed by atoms with van der Waals surface area (Å²) in [6, 6.07) is 0. The van der Waals surface area contributed by atoms with Gasteiger partial charge in [0.25, 0.3) is 0 Å². The molecule has 96 valence electrons. The summed E-state index contributed by atoms with van der Waals surface area (Å²) in [5.74, 6) is -0.549. The molecule has 5 heteroatoms. The predicted octanol–water partition coefficient (Wildman–Crippen LogP) is 1.03. The highest BCUT2D eigenvalue weighted by Crippen LogP contribution is 2.14. The van der Waals surface area contributed by atoms with Gasteiger partial charge in [0, 0.05) is 0 Å². The summed E-state index contributed by atoms with van der Waals surface area (Å²) in [6.07, 6.45) is 2.51. The van der Waals surface area contributed by atoms with Gasteiger partial charge in [-0.25, -0.2) is 4.79 Å². The van der Waals surface area contributed by atoms with Crippen molar-refractivity contribution in [1.29, 1.82) is 0 Å². The molecule has 0 aliphatic heterocycles. The third-order valence-corrected chi connectivity index (χ3v) is 2.34. The summed E-state index contributed by atoms with van der Waals surface area (Å²) in [4.78, 5) is 20.6. The predicted molar refractivity (Wildman–Crippen MR) is 58.4 cm³/mol. The van der Waals surface area contributed by atoms with Gasteiger partial charge < -0.3 is 10.2 Å². The van der Waals surface area contributed by atoms with Crippen molar-refractivity contribution in [1.82, 2.24) is 0 Å². The van der Waals surface area contributed by atoms with Crippen LogP contribution >= 0.6 is 0 Å². The normalized spacial score (nSPS) is 14.5. The van der Waals surface area contributed by atoms with Crippen LogP contribution in [0.25, 0.3) is 0 Å². The molecule has 0 saturated carbocycles. The molecule has 5 nitrogen and oxygen atoms in total. The van der Waals surface area contributed by atoms with Gasteiger partial charge in [0.15, 0.2) is 0 Å². The van der Waals surface area contributed by atoms with E-state index < -0.39 is 18.7 Å². The molecule has 0 rings (SSSR count). The van der Waals surface area contributed by atoms with Crippen LogP contribution in [-0.2, 0) is 14.6 Å². The number of aliphatic hydroxyl groups is 2. The molecule has 16 heavy (non-hydrogen) atoms. The summed E-state index contributed by atoms with van der Waals surface area (Å²) < 4.78 is 0. The minimum atomic E-state index is -1.01. The Balaban J connectivity index is 3.74. The zero-order valence-corrected chi connectivity index (χ0v) is 10.0. The van der Waals surface area contributed by atoms with Gasteiger partial charge in [-0.1, -0.05) is 26.7 Å². The molecule has 0 aromatic rings. The number of aliphatic hydroxyl groups excluding tert-OH is 2. The summed E-state index contributed by atoms with van der Waals surface area (Å²) in [7, 11) is 0. The first-order valence-corrected chi connectivity index (χ1v) is 5.77. The summed E-state index contributed by atoms with van der Waals surface area (Å²) in [5.41, 5.74) is 0. The van der Waals surface area contributed by atoms with Crippen molar-refractivity contribution in [2.45, 2.75) is 45.6 Å². The van der Waals surface area contributed by atoms with Crippen LogP contribution in [0.15, 0.2) is 0 Å². The van der Waals surface area contributed by atoms with Gasteiger partial charge in [-0.3, -0.25) is 4.89 Å². The monoisotopic (exact) mass is 234 g/mol. The van der Waals surface area contributed by atoms with E-state index in [1.165, 1.54) is 0 Å². The van der Waals surface area contributed by atoms with E-state index >= 15 is 0 Å². The third-order valence-electron chi connectivity index (χ3n) is 2.34. The second kappa shape index (κ2) is 9.57. The number of carbonyl (C=O) groups is 1. The molecule has 0 aromatic heterocycles. The first-order chi connectivity index (χ1) is 7.65. The standard InChI is InChI=1S/C11H22O5/c1-3-5-6-9(4-2)11(14)16-15-8-10(13)7-12/h9-10,12-13H,3-8H2,1-2H3. The number of unbranched alkanes of at least 4 members (excludes halogenated alkanes) is 1. The van der Waals surface area contributed by atoms with Gasteiger partial charge >= 0.3 is 5.97 Å². The van der Waals surface area contributed by atoms with Gasteiger partial charge in [0.05, 0.1) is 12.5 Å². The van der Waals surface area contributed by atoms with Crippen LogP contribution < -0.4 is 0 Å². The maximum atomic E-state index is 11.5. The van der Waals surface area contributed by atoms with Crippen molar-refractivity contribution in [3.63, 3.8) is 0 Å². The second-order valence-corrected chi connectivity index (χ2v) is 3.77. The lowest BCUT2D eigenvalue weighted by Crippen LogP contribution is -2.23. The molecular formula is C11H22O5. The first-order valence-electron chi connectivity index (χ1n) is 5.77. The highest BCUT2D eigenvalue weighted by Gasteiger charge is 2.18. The molecular weight excluding hydrogens is 212 g/mol. The van der Waals surface area contributed by atoms with E-state index in [9.17, 15) is 4.79 Å². The molecule has 0 spiro atoms. The van der Waals surface area contributed by atoms with E-state index in [4.69, 9.17) is 10.2 Å². The van der Waals surface area contributed by atoms with Crippen molar-refractivity contribution in [2.75, 3.05) is 13.2 Å². The number of rotatable bonds is 9. The zero-order chi connectivity index (χ0) is 12.4. The molecule has 0 aromatic carbocycles. The summed E-state index contributed by atoms with van der Waals surface area (Å²) in [5, 5.41) is 17.4. The molecule has 0 aliphatic carbocycles. The molecule has 2 N–H and O–H groups in total. The van der Waals surface area contributed by atoms with Crippen LogP contribution in [0.3, 0.4) is 0 Å². The second-order valence-electron chi connectivity index (χ2n) is 3.77. The van der Waals surface area contributed by atoms with Crippen molar-refractivity contribution in [3.8, 4) is 0 Å². The Kier molecular flexibility index (Phi) is 9.18. The van der Waals surface area contributed by atoms with Crippen LogP contribution in [-0.4, -0.2) is 35.5 Å². The van der Waals surface area contributed by atoms with E-state index in [2.05, 4.69) is 16.7 Å². The van der Waals surface area contributed by atoms with E-state index in [0.29, 0.717) is 6.42 Å². The minimum Gasteiger partial charge on any atom is -0.394 e. The van der Waals surface area contributed by atoms with Gasteiger partial charge in [-0.2, -0.15) is 4.89 Å². The van der Waals surface area contributed by atoms with Gasteiger partial charge in [0.1, 0.15) is 12.7 Å². The highest BCUT2D eigenvalue weighted by atomic mass is 17.2. The molecule has 2 atom stereocenters. The fraction of sp³-hybridized carbons (Fsp3) is 0.909. The Morgan fingerprint density at radius 1 is 1.38 bits per heavy atom. The molecule has 0 heterocycles. The Hall–Kier alpha value is -0.650. The lowest BCUT2D eigenvalue weighted by molar-refractivity contribution is -0.286. The fourth-order valence-corrected chi connectivity index (χ4v) is 1.23. The zero-order valence-electron chi connectivity index (χ0n) is 10.0. The highest BCUT2D eigenvalue weighted by molar-refractivity contribution is 5.71. The fourth-order valence-electron chi connectivity index (χ4n) is 1.23. The van der Waals surface area contributed by atoms with Gasteiger partial charge in [0.2, 0.25) is 0 Å². The molecule has 2 unspecified atom stereocenters. The molecule has 0 fully saturated rings. The molecule has 0 amide bonds. The van der Waals surface area contributed by atoms with Crippen LogP contribution in [0.2, 0.25) is 0 Å². The van der Waals surface area contributed by atoms with Crippen molar-refractivity contribution < 1.29 is 24.8 Å². The SMILES string of the molecule is CCCCC(CC)C(=O)OOCC(O)CO. The average Bonchev–Trinajstić information content (AvgIpc) is 2.29. The van der Waals surface area contributed by atoms with Crippen LogP contribution in [0.5, 0.6) is 0 Å². The Morgan fingerprint density at radius 2 is 2.06 bits per heavy atom. The first kappa shape index (κ1) is 15.3. The lowest BCUT2D eigenvalue weighted by atomic mass is 10.00.